The molecule has 1 N–H and O–H groups in total. The Hall–Kier alpha value is -0.000000000000000111. The smallest absolute Gasteiger partial charge is 0.247 e. The quantitative estimate of drug-likeness (QED) is 0.869. The molecule has 0 aliphatic carbocycles. The van der Waals surface area contributed by atoms with Crippen molar-refractivity contribution in [3.05, 3.63) is 34.9 Å². The van der Waals surface area contributed by atoms with Gasteiger partial charge in [0.1, 0.15) is 6.10 Å². The van der Waals surface area contributed by atoms with Crippen molar-refractivity contribution in [1.29, 1.82) is 0 Å². The maximum Gasteiger partial charge on any atom is 0.247 e. The lowest BCUT2D eigenvalue weighted by Crippen LogP contribution is -2.34. The Labute approximate surface area is 115 Å². The molecule has 0 spiro atoms. The van der Waals surface area contributed by atoms with Gasteiger partial charge in [0.05, 0.1) is 5.75 Å². The van der Waals surface area contributed by atoms with E-state index in [1.165, 1.54) is 31.2 Å². The first-order chi connectivity index (χ1) is 7.72. The number of hydrogen-bond donors (Lipinski definition) is 1. The van der Waals surface area contributed by atoms with Gasteiger partial charge in [-0.05, 0) is 17.7 Å². The molecule has 1 aromatic carbocycles. The van der Waals surface area contributed by atoms with E-state index in [-0.39, 0.29) is 11.3 Å². The Morgan fingerprint density at radius 2 is 1.76 bits per heavy atom. The topological polar surface area (TPSA) is 54.4 Å². The van der Waals surface area contributed by atoms with Gasteiger partial charge in [-0.2, -0.15) is 0 Å². The number of rotatable bonds is 4. The average molecular weight is 318 g/mol. The molecule has 0 fully saturated rings. The van der Waals surface area contributed by atoms with E-state index in [1.54, 1.807) is 0 Å². The molecular formula is C10H11Cl3O3S. The molecule has 0 radical (unpaired) electrons. The zero-order valence-electron chi connectivity index (χ0n) is 8.90. The summed E-state index contributed by atoms with van der Waals surface area (Å²) < 4.78 is 21.0. The van der Waals surface area contributed by atoms with Crippen LogP contribution in [-0.4, -0.2) is 22.9 Å². The fourth-order valence-corrected chi connectivity index (χ4v) is 3.10. The molecule has 96 valence electrons. The molecule has 1 atom stereocenters. The van der Waals surface area contributed by atoms with Crippen molar-refractivity contribution >= 4 is 44.6 Å². The largest absolute Gasteiger partial charge is 0.384 e. The Kier molecular flexibility index (Phi) is 4.72. The number of aliphatic hydroxyl groups is 1. The number of benzene rings is 1. The minimum atomic E-state index is -3.81. The molecule has 0 unspecified atom stereocenters. The van der Waals surface area contributed by atoms with E-state index in [0.717, 1.165) is 0 Å². The molecule has 0 heterocycles. The lowest BCUT2D eigenvalue weighted by molar-refractivity contribution is 0.181. The fourth-order valence-electron chi connectivity index (χ4n) is 1.20. The summed E-state index contributed by atoms with van der Waals surface area (Å²) in [7, 11) is -3.81. The normalized spacial score (nSPS) is 14.6. The number of alkyl halides is 2. The average Bonchev–Trinajstić information content (AvgIpc) is 2.28. The lowest BCUT2D eigenvalue weighted by Gasteiger charge is -2.25. The molecule has 0 saturated carbocycles. The molecule has 0 aliphatic heterocycles. The number of sulfone groups is 1. The predicted molar refractivity (Wildman–Crippen MR) is 70.3 cm³/mol. The Morgan fingerprint density at radius 1 is 1.29 bits per heavy atom. The molecule has 1 aromatic rings. The maximum atomic E-state index is 11.7. The van der Waals surface area contributed by atoms with Crippen LogP contribution in [0.2, 0.25) is 5.02 Å². The summed E-state index contributed by atoms with van der Waals surface area (Å²) in [4.78, 5) is 0. The highest BCUT2D eigenvalue weighted by Crippen LogP contribution is 2.41. The third-order valence-corrected chi connectivity index (χ3v) is 6.19. The zero-order chi connectivity index (χ0) is 13.3. The third-order valence-electron chi connectivity index (χ3n) is 2.30. The second-order valence-electron chi connectivity index (χ2n) is 3.42. The first-order valence-electron chi connectivity index (χ1n) is 4.76. The van der Waals surface area contributed by atoms with Crippen molar-refractivity contribution < 1.29 is 13.5 Å². The Balaban J connectivity index is 3.12. The van der Waals surface area contributed by atoms with E-state index in [1.807, 2.05) is 0 Å². The van der Waals surface area contributed by atoms with Crippen LogP contribution in [0.4, 0.5) is 0 Å². The van der Waals surface area contributed by atoms with E-state index in [2.05, 4.69) is 0 Å². The molecule has 0 bridgehead atoms. The van der Waals surface area contributed by atoms with Gasteiger partial charge in [-0.3, -0.25) is 0 Å². The summed E-state index contributed by atoms with van der Waals surface area (Å²) in [6, 6.07) is 5.97. The highest BCUT2D eigenvalue weighted by Gasteiger charge is 2.46. The van der Waals surface area contributed by atoms with Crippen LogP contribution in [0.1, 0.15) is 18.6 Å². The summed E-state index contributed by atoms with van der Waals surface area (Å²) in [5.74, 6) is -0.259. The van der Waals surface area contributed by atoms with E-state index < -0.39 is 19.6 Å². The van der Waals surface area contributed by atoms with E-state index in [0.29, 0.717) is 5.02 Å². The highest BCUT2D eigenvalue weighted by molar-refractivity contribution is 7.95. The van der Waals surface area contributed by atoms with Crippen LogP contribution >= 0.6 is 34.8 Å². The minimum absolute atomic E-state index is 0.259. The Morgan fingerprint density at radius 3 is 2.18 bits per heavy atom. The maximum absolute atomic E-state index is 11.7. The molecule has 3 nitrogen and oxygen atoms in total. The molecule has 1 rings (SSSR count). The van der Waals surface area contributed by atoms with E-state index in [4.69, 9.17) is 34.8 Å². The summed E-state index contributed by atoms with van der Waals surface area (Å²) in [6.07, 6.45) is -1.53. The van der Waals surface area contributed by atoms with Crippen molar-refractivity contribution in [3.8, 4) is 0 Å². The summed E-state index contributed by atoms with van der Waals surface area (Å²) in [5.41, 5.74) is 0.288. The van der Waals surface area contributed by atoms with Gasteiger partial charge >= 0.3 is 0 Å². The highest BCUT2D eigenvalue weighted by atomic mass is 35.5. The van der Waals surface area contributed by atoms with Crippen molar-refractivity contribution in [1.82, 2.24) is 0 Å². The van der Waals surface area contributed by atoms with Gasteiger partial charge in [-0.25, -0.2) is 8.42 Å². The molecule has 0 aliphatic rings. The lowest BCUT2D eigenvalue weighted by atomic mass is 10.1. The van der Waals surface area contributed by atoms with Gasteiger partial charge < -0.3 is 5.11 Å². The van der Waals surface area contributed by atoms with Crippen molar-refractivity contribution in [2.75, 3.05) is 5.75 Å². The number of hydrogen-bond acceptors (Lipinski definition) is 3. The van der Waals surface area contributed by atoms with Crippen LogP contribution in [-0.2, 0) is 9.84 Å². The first-order valence-corrected chi connectivity index (χ1v) is 7.54. The van der Waals surface area contributed by atoms with Crippen LogP contribution in [0.25, 0.3) is 0 Å². The van der Waals surface area contributed by atoms with Crippen LogP contribution in [0, 0.1) is 0 Å². The van der Waals surface area contributed by atoms with Crippen LogP contribution in [0.3, 0.4) is 0 Å². The Bertz CT molecular complexity index is 482. The molecule has 0 saturated heterocycles. The second kappa shape index (κ2) is 5.33. The van der Waals surface area contributed by atoms with Crippen LogP contribution in [0.15, 0.2) is 24.3 Å². The minimum Gasteiger partial charge on any atom is -0.384 e. The zero-order valence-corrected chi connectivity index (χ0v) is 12.0. The van der Waals surface area contributed by atoms with E-state index >= 15 is 0 Å². The van der Waals surface area contributed by atoms with Gasteiger partial charge in [-0.15, -0.1) is 0 Å². The molecule has 7 heteroatoms. The van der Waals surface area contributed by atoms with Gasteiger partial charge in [-0.1, -0.05) is 53.9 Å². The predicted octanol–water partition coefficient (Wildman–Crippen LogP) is 2.94. The molecule has 0 amide bonds. The standard InChI is InChI=1S/C10H11Cl3O3S/c1-2-17(15,16)10(12,13)9(14)7-3-5-8(11)6-4-7/h3-6,9,14H,2H2,1H3/t9-/m1/s1. The number of aliphatic hydroxyl groups excluding tert-OH is 1. The summed E-state index contributed by atoms with van der Waals surface area (Å²) in [6.45, 7) is 1.41. The fraction of sp³-hybridized carbons (Fsp3) is 0.400. The third kappa shape index (κ3) is 3.06. The van der Waals surface area contributed by atoms with Gasteiger partial charge in [0.15, 0.2) is 9.84 Å². The van der Waals surface area contributed by atoms with Gasteiger partial charge in [0, 0.05) is 5.02 Å². The van der Waals surface area contributed by atoms with Crippen LogP contribution < -0.4 is 0 Å². The number of halogens is 3. The van der Waals surface area contributed by atoms with Crippen molar-refractivity contribution in [3.63, 3.8) is 0 Å². The van der Waals surface area contributed by atoms with E-state index in [9.17, 15) is 13.5 Å². The SMILES string of the molecule is CCS(=O)(=O)C(Cl)(Cl)[C@H](O)c1ccc(Cl)cc1. The molecular weight excluding hydrogens is 307 g/mol. The monoisotopic (exact) mass is 316 g/mol. The molecule has 17 heavy (non-hydrogen) atoms. The first kappa shape index (κ1) is 15.1. The van der Waals surface area contributed by atoms with Crippen LogP contribution in [0.5, 0.6) is 0 Å². The van der Waals surface area contributed by atoms with Crippen molar-refractivity contribution in [2.24, 2.45) is 0 Å². The second-order valence-corrected chi connectivity index (χ2v) is 8.14. The van der Waals surface area contributed by atoms with Gasteiger partial charge in [0.2, 0.25) is 3.67 Å². The summed E-state index contributed by atoms with van der Waals surface area (Å²) >= 11 is 17.2. The summed E-state index contributed by atoms with van der Waals surface area (Å²) in [5, 5.41) is 10.4. The van der Waals surface area contributed by atoms with Gasteiger partial charge in [0.25, 0.3) is 0 Å². The van der Waals surface area contributed by atoms with Crippen molar-refractivity contribution in [2.45, 2.75) is 16.7 Å². The molecule has 0 aromatic heterocycles.